The summed E-state index contributed by atoms with van der Waals surface area (Å²) in [7, 11) is 3.66. The molecular formula is C21H22N2O3. The molecule has 0 fully saturated rings. The second-order valence-corrected chi connectivity index (χ2v) is 5.94. The molecule has 0 saturated carbocycles. The number of nitrogens with zero attached hydrogens (tertiary/aromatic N) is 2. The number of hydrogen-bond donors (Lipinski definition) is 0. The molecule has 0 spiro atoms. The number of anilines is 1. The topological polar surface area (TPSA) is 54.7 Å². The molecule has 0 N–H and O–H groups in total. The molecule has 0 bridgehead atoms. The molecule has 1 heterocycles. The van der Waals surface area contributed by atoms with Crippen molar-refractivity contribution in [3.05, 3.63) is 53.6 Å². The Morgan fingerprint density at radius 1 is 1.23 bits per heavy atom. The Hall–Kier alpha value is -3.13. The molecule has 0 amide bonds. The number of likely N-dealkylation sites (N-methyl/N-ethyl adjacent to an activating group) is 1. The molecule has 1 aliphatic rings. The number of ether oxygens (including phenoxy) is 3. The molecule has 2 aromatic rings. The van der Waals surface area contributed by atoms with Crippen molar-refractivity contribution in [1.29, 1.82) is 5.26 Å². The highest BCUT2D eigenvalue weighted by molar-refractivity contribution is 5.84. The Morgan fingerprint density at radius 3 is 2.73 bits per heavy atom. The van der Waals surface area contributed by atoms with E-state index in [9.17, 15) is 5.26 Å². The van der Waals surface area contributed by atoms with E-state index >= 15 is 0 Å². The van der Waals surface area contributed by atoms with Gasteiger partial charge in [-0.3, -0.25) is 0 Å². The van der Waals surface area contributed by atoms with Crippen LogP contribution in [0.4, 0.5) is 5.69 Å². The molecule has 0 saturated heterocycles. The average Bonchev–Trinajstić information content (AvgIpc) is 2.66. The quantitative estimate of drug-likeness (QED) is 0.766. The van der Waals surface area contributed by atoms with Gasteiger partial charge in [0.1, 0.15) is 12.4 Å². The molecule has 0 unspecified atom stereocenters. The van der Waals surface area contributed by atoms with Crippen molar-refractivity contribution in [2.24, 2.45) is 0 Å². The van der Waals surface area contributed by atoms with Gasteiger partial charge in [-0.2, -0.15) is 5.26 Å². The van der Waals surface area contributed by atoms with Gasteiger partial charge in [0.05, 0.1) is 32.0 Å². The van der Waals surface area contributed by atoms with Crippen molar-refractivity contribution in [2.45, 2.75) is 6.92 Å². The summed E-state index contributed by atoms with van der Waals surface area (Å²) in [5, 5.41) is 9.29. The van der Waals surface area contributed by atoms with Gasteiger partial charge in [-0.1, -0.05) is 12.1 Å². The first-order chi connectivity index (χ1) is 12.7. The summed E-state index contributed by atoms with van der Waals surface area (Å²) in [5.41, 5.74) is 3.69. The lowest BCUT2D eigenvalue weighted by molar-refractivity contribution is 0.311. The van der Waals surface area contributed by atoms with Crippen LogP contribution in [0.2, 0.25) is 0 Å². The number of benzene rings is 2. The van der Waals surface area contributed by atoms with Gasteiger partial charge in [-0.25, -0.2) is 0 Å². The van der Waals surface area contributed by atoms with Crippen LogP contribution < -0.4 is 19.1 Å². The highest BCUT2D eigenvalue weighted by atomic mass is 16.5. The van der Waals surface area contributed by atoms with Crippen molar-refractivity contribution in [1.82, 2.24) is 0 Å². The van der Waals surface area contributed by atoms with Crippen LogP contribution in [0.1, 0.15) is 18.1 Å². The maximum atomic E-state index is 9.29. The number of hydrogen-bond acceptors (Lipinski definition) is 5. The number of fused-ring (bicyclic) bond motifs is 1. The Labute approximate surface area is 154 Å². The highest BCUT2D eigenvalue weighted by Crippen LogP contribution is 2.37. The zero-order valence-corrected chi connectivity index (χ0v) is 15.3. The summed E-state index contributed by atoms with van der Waals surface area (Å²) in [4.78, 5) is 2.16. The summed E-state index contributed by atoms with van der Waals surface area (Å²) in [5.74, 6) is 2.16. The van der Waals surface area contributed by atoms with E-state index in [4.69, 9.17) is 14.2 Å². The molecule has 26 heavy (non-hydrogen) atoms. The van der Waals surface area contributed by atoms with Crippen molar-refractivity contribution in [3.8, 4) is 23.3 Å². The fraction of sp³-hybridized carbons (Fsp3) is 0.286. The highest BCUT2D eigenvalue weighted by Gasteiger charge is 2.17. The fourth-order valence-electron chi connectivity index (χ4n) is 3.04. The number of nitriles is 1. The second-order valence-electron chi connectivity index (χ2n) is 5.94. The number of methoxy groups -OCH3 is 1. The summed E-state index contributed by atoms with van der Waals surface area (Å²) in [6.07, 6.45) is 1.55. The van der Waals surface area contributed by atoms with Crippen molar-refractivity contribution in [2.75, 3.05) is 38.8 Å². The van der Waals surface area contributed by atoms with E-state index in [1.165, 1.54) is 0 Å². The van der Waals surface area contributed by atoms with Gasteiger partial charge in [0.15, 0.2) is 11.5 Å². The van der Waals surface area contributed by atoms with E-state index < -0.39 is 0 Å². The Kier molecular flexibility index (Phi) is 5.33. The fourth-order valence-corrected chi connectivity index (χ4v) is 3.04. The molecule has 5 nitrogen and oxygen atoms in total. The van der Waals surface area contributed by atoms with Crippen LogP contribution in [-0.4, -0.2) is 33.9 Å². The largest absolute Gasteiger partial charge is 0.493 e. The van der Waals surface area contributed by atoms with Crippen LogP contribution in [0.15, 0.2) is 42.5 Å². The minimum absolute atomic E-state index is 0.538. The number of allylic oxidation sites excluding steroid dienone is 1. The van der Waals surface area contributed by atoms with Crippen LogP contribution in [0, 0.1) is 11.3 Å². The predicted molar refractivity (Wildman–Crippen MR) is 102 cm³/mol. The summed E-state index contributed by atoms with van der Waals surface area (Å²) >= 11 is 0. The van der Waals surface area contributed by atoms with Crippen LogP contribution in [0.25, 0.3) is 5.57 Å². The molecule has 2 aromatic carbocycles. The van der Waals surface area contributed by atoms with Crippen LogP contribution >= 0.6 is 0 Å². The monoisotopic (exact) mass is 350 g/mol. The van der Waals surface area contributed by atoms with E-state index in [0.29, 0.717) is 24.7 Å². The normalized spacial score (nSPS) is 13.5. The molecule has 0 aliphatic carbocycles. The SMILES string of the molecule is CCOc1cc(C(=CC#N)c2ccc3c(c2)OCCN3C)ccc1OC. The molecule has 0 radical (unpaired) electrons. The molecule has 134 valence electrons. The first kappa shape index (κ1) is 17.7. The van der Waals surface area contributed by atoms with Gasteiger partial charge in [0.25, 0.3) is 0 Å². The van der Waals surface area contributed by atoms with Gasteiger partial charge < -0.3 is 19.1 Å². The number of rotatable bonds is 5. The van der Waals surface area contributed by atoms with E-state index in [-0.39, 0.29) is 0 Å². The van der Waals surface area contributed by atoms with Gasteiger partial charge in [-0.05, 0) is 47.9 Å². The summed E-state index contributed by atoms with van der Waals surface area (Å²) in [6.45, 7) is 3.98. The first-order valence-electron chi connectivity index (χ1n) is 8.57. The third kappa shape index (κ3) is 3.45. The van der Waals surface area contributed by atoms with Gasteiger partial charge in [-0.15, -0.1) is 0 Å². The smallest absolute Gasteiger partial charge is 0.161 e. The van der Waals surface area contributed by atoms with Gasteiger partial charge in [0, 0.05) is 13.1 Å². The lowest BCUT2D eigenvalue weighted by atomic mass is 9.96. The first-order valence-corrected chi connectivity index (χ1v) is 8.57. The maximum absolute atomic E-state index is 9.29. The maximum Gasteiger partial charge on any atom is 0.161 e. The summed E-state index contributed by atoms with van der Waals surface area (Å²) < 4.78 is 16.8. The Morgan fingerprint density at radius 2 is 2.00 bits per heavy atom. The van der Waals surface area contributed by atoms with Crippen LogP contribution in [0.3, 0.4) is 0 Å². The molecule has 5 heteroatoms. The lowest BCUT2D eigenvalue weighted by Gasteiger charge is -2.28. The van der Waals surface area contributed by atoms with Crippen LogP contribution in [0.5, 0.6) is 17.2 Å². The van der Waals surface area contributed by atoms with Gasteiger partial charge in [0.2, 0.25) is 0 Å². The van der Waals surface area contributed by atoms with Crippen molar-refractivity contribution >= 4 is 11.3 Å². The standard InChI is InChI=1S/C21H22N2O3/c1-4-25-21-14-16(6-8-19(21)24-3)17(9-10-22)15-5-7-18-20(13-15)26-12-11-23(18)2/h5-9,13-14H,4,11-12H2,1-3H3. The Balaban J connectivity index is 2.05. The lowest BCUT2D eigenvalue weighted by Crippen LogP contribution is -2.28. The van der Waals surface area contributed by atoms with E-state index in [0.717, 1.165) is 34.7 Å². The zero-order valence-electron chi connectivity index (χ0n) is 15.3. The van der Waals surface area contributed by atoms with Crippen molar-refractivity contribution in [3.63, 3.8) is 0 Å². The molecule has 3 rings (SSSR count). The molecule has 0 atom stereocenters. The predicted octanol–water partition coefficient (Wildman–Crippen LogP) is 3.88. The van der Waals surface area contributed by atoms with E-state index in [1.807, 2.05) is 50.4 Å². The molecule has 0 aromatic heterocycles. The van der Waals surface area contributed by atoms with Crippen molar-refractivity contribution < 1.29 is 14.2 Å². The van der Waals surface area contributed by atoms with E-state index in [1.54, 1.807) is 13.2 Å². The zero-order chi connectivity index (χ0) is 18.5. The minimum atomic E-state index is 0.538. The molecule has 1 aliphatic heterocycles. The average molecular weight is 350 g/mol. The van der Waals surface area contributed by atoms with Crippen LogP contribution in [-0.2, 0) is 0 Å². The summed E-state index contributed by atoms with van der Waals surface area (Å²) in [6, 6.07) is 13.9. The third-order valence-corrected chi connectivity index (χ3v) is 4.35. The molecular weight excluding hydrogens is 328 g/mol. The Bertz CT molecular complexity index is 868. The third-order valence-electron chi connectivity index (χ3n) is 4.35. The minimum Gasteiger partial charge on any atom is -0.493 e. The van der Waals surface area contributed by atoms with E-state index in [2.05, 4.69) is 11.0 Å². The second kappa shape index (κ2) is 7.83. The van der Waals surface area contributed by atoms with Gasteiger partial charge >= 0.3 is 0 Å².